The molecule has 2 aliphatic rings. The zero-order valence-corrected chi connectivity index (χ0v) is 12.0. The number of hydrogen-bond donors (Lipinski definition) is 1. The van der Waals surface area contributed by atoms with E-state index in [1.165, 1.54) is 25.7 Å². The number of nitrogens with two attached hydrogens (primary N) is 1. The largest absolute Gasteiger partial charge is 0.475 e. The molecule has 0 aromatic heterocycles. The molecule has 2 N–H and O–H groups in total. The third-order valence-corrected chi connectivity index (χ3v) is 5.51. The van der Waals surface area contributed by atoms with Crippen LogP contribution in [0.15, 0.2) is 11.6 Å². The Kier molecular flexibility index (Phi) is 3.68. The summed E-state index contributed by atoms with van der Waals surface area (Å²) in [5, 5.41) is 2.27. The predicted molar refractivity (Wildman–Crippen MR) is 73.2 cm³/mol. The van der Waals surface area contributed by atoms with Gasteiger partial charge >= 0.3 is 0 Å². The Morgan fingerprint density at radius 1 is 1.41 bits per heavy atom. The van der Waals surface area contributed by atoms with Crippen molar-refractivity contribution in [2.45, 2.75) is 59.4 Å². The molecule has 0 aromatic rings. The molecule has 2 rings (SSSR count). The van der Waals surface area contributed by atoms with Gasteiger partial charge in [0.05, 0.1) is 6.04 Å². The van der Waals surface area contributed by atoms with Crippen LogP contribution in [0.2, 0.25) is 0 Å². The highest BCUT2D eigenvalue weighted by molar-refractivity contribution is 5.20. The second-order valence-electron chi connectivity index (χ2n) is 6.75. The summed E-state index contributed by atoms with van der Waals surface area (Å²) in [6, 6.07) is 0.698. The van der Waals surface area contributed by atoms with Gasteiger partial charge < -0.3 is 5.32 Å². The number of hydrogen-bond acceptors (Lipinski definition) is 0. The summed E-state index contributed by atoms with van der Waals surface area (Å²) >= 11 is 0. The average molecular weight is 235 g/mol. The van der Waals surface area contributed by atoms with Crippen LogP contribution in [0.1, 0.15) is 53.4 Å². The van der Waals surface area contributed by atoms with Gasteiger partial charge in [0.15, 0.2) is 0 Å². The Labute approximate surface area is 107 Å². The van der Waals surface area contributed by atoms with Crippen molar-refractivity contribution in [1.82, 2.24) is 0 Å². The Bertz CT molecular complexity index is 305. The first-order valence-electron chi connectivity index (χ1n) is 7.32. The summed E-state index contributed by atoms with van der Waals surface area (Å²) in [7, 11) is 4.17. The average Bonchev–Trinajstić information content (AvgIpc) is 2.65. The fraction of sp³-hybridized carbons (Fsp3) is 0.812. The summed E-state index contributed by atoms with van der Waals surface area (Å²) in [6.07, 6.45) is 8.07. The second kappa shape index (κ2) is 4.76. The Balaban J connectivity index is 2.33. The van der Waals surface area contributed by atoms with Gasteiger partial charge in [-0.05, 0) is 44.4 Å². The van der Waals surface area contributed by atoms with Crippen molar-refractivity contribution in [3.63, 3.8) is 0 Å². The van der Waals surface area contributed by atoms with E-state index in [1.807, 2.05) is 0 Å². The Morgan fingerprint density at radius 3 is 2.59 bits per heavy atom. The minimum atomic E-state index is 0.443. The number of quaternary nitrogens is 1. The third-order valence-electron chi connectivity index (χ3n) is 5.51. The highest BCUT2D eigenvalue weighted by Gasteiger charge is 2.51. The van der Waals surface area contributed by atoms with Crippen LogP contribution in [0.5, 0.6) is 0 Å². The second-order valence-corrected chi connectivity index (χ2v) is 6.75. The summed E-state index contributed by atoms with van der Waals surface area (Å²) in [4.78, 5) is 0. The van der Waals surface area contributed by atoms with Crippen LogP contribution >= 0.6 is 0 Å². The normalized spacial score (nSPS) is 42.2. The predicted octanol–water partition coefficient (Wildman–Crippen LogP) is 3.14. The van der Waals surface area contributed by atoms with E-state index >= 15 is 0 Å². The standard InChI is InChI=1S/C16H29N/c1-11(2)14-7-6-13(4)16(15(14)17-5)9-8-12(3)10-16/h10-11,13-15H,5-9,17H2,1-4H3/t13-,14?,15-,16-/m1/s1. The van der Waals surface area contributed by atoms with E-state index in [2.05, 4.69) is 46.1 Å². The molecule has 98 valence electrons. The van der Waals surface area contributed by atoms with E-state index < -0.39 is 0 Å². The molecular weight excluding hydrogens is 206 g/mol. The van der Waals surface area contributed by atoms with Crippen LogP contribution in [-0.4, -0.2) is 6.04 Å². The quantitative estimate of drug-likeness (QED) is 0.559. The summed E-state index contributed by atoms with van der Waals surface area (Å²) in [5.41, 5.74) is 2.05. The van der Waals surface area contributed by atoms with Crippen molar-refractivity contribution in [2.24, 2.45) is 23.2 Å². The van der Waals surface area contributed by atoms with E-state index in [-0.39, 0.29) is 0 Å². The van der Waals surface area contributed by atoms with Crippen LogP contribution in [0.25, 0.3) is 0 Å². The van der Waals surface area contributed by atoms with Gasteiger partial charge in [0.1, 0.15) is 0 Å². The topological polar surface area (TPSA) is 16.6 Å². The smallest absolute Gasteiger partial charge is 0.0746 e. The Hall–Kier alpha value is -0.300. The van der Waals surface area contributed by atoms with Gasteiger partial charge in [0, 0.05) is 11.3 Å². The summed E-state index contributed by atoms with van der Waals surface area (Å²) in [6.45, 7) is 9.54. The maximum absolute atomic E-state index is 4.17. The van der Waals surface area contributed by atoms with Gasteiger partial charge in [-0.3, -0.25) is 0 Å². The zero-order valence-electron chi connectivity index (χ0n) is 12.0. The van der Waals surface area contributed by atoms with Gasteiger partial charge in [-0.2, -0.15) is 7.05 Å². The fourth-order valence-electron chi connectivity index (χ4n) is 4.43. The molecule has 1 nitrogen and oxygen atoms in total. The zero-order chi connectivity index (χ0) is 12.6. The minimum Gasteiger partial charge on any atom is -0.475 e. The highest BCUT2D eigenvalue weighted by atomic mass is 14.9. The number of rotatable bonds is 2. The molecule has 2 aliphatic carbocycles. The van der Waals surface area contributed by atoms with Gasteiger partial charge in [0.2, 0.25) is 0 Å². The maximum Gasteiger partial charge on any atom is 0.0746 e. The lowest BCUT2D eigenvalue weighted by Gasteiger charge is -2.49. The van der Waals surface area contributed by atoms with Crippen molar-refractivity contribution < 1.29 is 5.32 Å². The highest BCUT2D eigenvalue weighted by Crippen LogP contribution is 2.52. The van der Waals surface area contributed by atoms with Gasteiger partial charge in [-0.1, -0.05) is 32.4 Å². The SMILES string of the molecule is [CH2-][NH2+][C@@H]1C(C(C)C)CC[C@@H](C)[C@@]12C=C(C)CC2. The molecule has 1 fully saturated rings. The molecule has 0 radical (unpaired) electrons. The molecule has 0 aromatic carbocycles. The minimum absolute atomic E-state index is 0.443. The van der Waals surface area contributed by atoms with Crippen LogP contribution < -0.4 is 5.32 Å². The lowest BCUT2D eigenvalue weighted by molar-refractivity contribution is -0.661. The molecule has 0 aliphatic heterocycles. The third kappa shape index (κ3) is 2.07. The molecule has 17 heavy (non-hydrogen) atoms. The molecule has 1 saturated carbocycles. The first-order valence-corrected chi connectivity index (χ1v) is 7.32. The van der Waals surface area contributed by atoms with Gasteiger partial charge in [0.25, 0.3) is 0 Å². The lowest BCUT2D eigenvalue weighted by atomic mass is 9.58. The molecule has 0 heterocycles. The van der Waals surface area contributed by atoms with Crippen molar-refractivity contribution in [2.75, 3.05) is 0 Å². The van der Waals surface area contributed by atoms with E-state index in [9.17, 15) is 0 Å². The lowest BCUT2D eigenvalue weighted by Crippen LogP contribution is -2.90. The van der Waals surface area contributed by atoms with E-state index in [4.69, 9.17) is 0 Å². The molecule has 1 unspecified atom stereocenters. The van der Waals surface area contributed by atoms with Crippen molar-refractivity contribution in [3.8, 4) is 0 Å². The van der Waals surface area contributed by atoms with Gasteiger partial charge in [-0.25, -0.2) is 0 Å². The van der Waals surface area contributed by atoms with Crippen molar-refractivity contribution in [3.05, 3.63) is 18.7 Å². The first kappa shape index (κ1) is 13.1. The molecule has 4 atom stereocenters. The Morgan fingerprint density at radius 2 is 2.12 bits per heavy atom. The van der Waals surface area contributed by atoms with E-state index in [1.54, 1.807) is 5.57 Å². The first-order chi connectivity index (χ1) is 8.01. The molecule has 0 amide bonds. The molecule has 1 heteroatoms. The summed E-state index contributed by atoms with van der Waals surface area (Å²) < 4.78 is 0. The van der Waals surface area contributed by atoms with E-state index in [0.29, 0.717) is 11.5 Å². The van der Waals surface area contributed by atoms with Crippen LogP contribution in [0, 0.1) is 30.2 Å². The van der Waals surface area contributed by atoms with Crippen molar-refractivity contribution in [1.29, 1.82) is 0 Å². The van der Waals surface area contributed by atoms with E-state index in [0.717, 1.165) is 17.8 Å². The number of allylic oxidation sites excluding steroid dienone is 1. The molecular formula is C16H29N. The monoisotopic (exact) mass is 235 g/mol. The van der Waals surface area contributed by atoms with Crippen LogP contribution in [0.3, 0.4) is 0 Å². The maximum atomic E-state index is 4.17. The molecule has 0 bridgehead atoms. The summed E-state index contributed by atoms with van der Waals surface area (Å²) in [5.74, 6) is 2.46. The molecule has 0 saturated heterocycles. The van der Waals surface area contributed by atoms with Crippen molar-refractivity contribution >= 4 is 0 Å². The fourth-order valence-corrected chi connectivity index (χ4v) is 4.43. The van der Waals surface area contributed by atoms with Crippen LogP contribution in [0.4, 0.5) is 0 Å². The van der Waals surface area contributed by atoms with Crippen LogP contribution in [-0.2, 0) is 0 Å². The molecule has 1 spiro atoms. The van der Waals surface area contributed by atoms with Gasteiger partial charge in [-0.15, -0.1) is 0 Å².